The molecule has 0 saturated carbocycles. The summed E-state index contributed by atoms with van der Waals surface area (Å²) >= 11 is 7.36. The van der Waals surface area contributed by atoms with Crippen molar-refractivity contribution < 1.29 is 14.3 Å². The fourth-order valence-electron chi connectivity index (χ4n) is 2.66. The number of carbonyl (C=O) groups excluding carboxylic acids is 1. The van der Waals surface area contributed by atoms with Crippen LogP contribution in [-0.2, 0) is 11.3 Å². The predicted octanol–water partition coefficient (Wildman–Crippen LogP) is 4.53. The van der Waals surface area contributed by atoms with Crippen LogP contribution < -0.4 is 9.54 Å². The summed E-state index contributed by atoms with van der Waals surface area (Å²) in [6.07, 6.45) is 0. The molecule has 7 heteroatoms. The smallest absolute Gasteiger partial charge is 0.279 e. The summed E-state index contributed by atoms with van der Waals surface area (Å²) < 4.78 is 14.1. The van der Waals surface area contributed by atoms with Crippen molar-refractivity contribution in [1.29, 1.82) is 0 Å². The van der Waals surface area contributed by atoms with Crippen LogP contribution in [0.5, 0.6) is 5.75 Å². The first kappa shape index (κ1) is 19.6. The van der Waals surface area contributed by atoms with Crippen molar-refractivity contribution in [2.45, 2.75) is 20.4 Å². The monoisotopic (exact) mass is 404 g/mol. The summed E-state index contributed by atoms with van der Waals surface area (Å²) in [4.78, 5) is 17.6. The highest BCUT2D eigenvalue weighted by atomic mass is 35.5. The molecule has 0 unspecified atom stereocenters. The average molecular weight is 405 g/mol. The number of hydrogen-bond donors (Lipinski definition) is 0. The van der Waals surface area contributed by atoms with Crippen molar-refractivity contribution in [3.8, 4) is 5.75 Å². The predicted molar refractivity (Wildman–Crippen MR) is 109 cm³/mol. The van der Waals surface area contributed by atoms with Gasteiger partial charge < -0.3 is 14.0 Å². The number of benzene rings is 2. The molecule has 0 radical (unpaired) electrons. The number of amides is 1. The number of halogens is 1. The molecule has 0 aliphatic carbocycles. The number of nitrogens with zero attached hydrogens (tertiary/aromatic N) is 2. The average Bonchev–Trinajstić information content (AvgIpc) is 2.99. The van der Waals surface area contributed by atoms with E-state index in [1.807, 2.05) is 36.6 Å². The first-order chi connectivity index (χ1) is 13.1. The van der Waals surface area contributed by atoms with Gasteiger partial charge >= 0.3 is 0 Å². The molecule has 1 aromatic heterocycles. The summed E-state index contributed by atoms with van der Waals surface area (Å²) in [5.74, 6) is 0.507. The number of fused-ring (bicyclic) bond motifs is 1. The summed E-state index contributed by atoms with van der Waals surface area (Å²) in [5, 5.41) is 0.587. The molecule has 0 aliphatic rings. The molecule has 0 N–H and O–H groups in total. The lowest BCUT2D eigenvalue weighted by Gasteiger charge is -2.06. The molecule has 0 saturated heterocycles. The van der Waals surface area contributed by atoms with Crippen LogP contribution in [0.25, 0.3) is 10.2 Å². The van der Waals surface area contributed by atoms with Crippen LogP contribution >= 0.6 is 22.9 Å². The maximum Gasteiger partial charge on any atom is 0.279 e. The van der Waals surface area contributed by atoms with E-state index in [-0.39, 0.29) is 5.91 Å². The molecular formula is C20H21ClN2O3S. The summed E-state index contributed by atoms with van der Waals surface area (Å²) in [6, 6.07) is 12.6. The minimum Gasteiger partial charge on any atom is -0.494 e. The Kier molecular flexibility index (Phi) is 6.66. The van der Waals surface area contributed by atoms with Crippen LogP contribution in [0, 0.1) is 0 Å². The van der Waals surface area contributed by atoms with Gasteiger partial charge in [0.1, 0.15) is 5.75 Å². The van der Waals surface area contributed by atoms with Crippen molar-refractivity contribution in [1.82, 2.24) is 4.57 Å². The van der Waals surface area contributed by atoms with Gasteiger partial charge in [0.05, 0.1) is 23.4 Å². The molecule has 142 valence electrons. The molecule has 0 bridgehead atoms. The number of thiazole rings is 1. The quantitative estimate of drug-likeness (QED) is 0.543. The first-order valence-electron chi connectivity index (χ1n) is 8.81. The molecule has 1 amide bonds. The van der Waals surface area contributed by atoms with E-state index in [9.17, 15) is 4.79 Å². The van der Waals surface area contributed by atoms with Crippen molar-refractivity contribution in [3.63, 3.8) is 0 Å². The minimum absolute atomic E-state index is 0.298. The Hall–Kier alpha value is -2.15. The van der Waals surface area contributed by atoms with Crippen LogP contribution in [0.4, 0.5) is 0 Å². The summed E-state index contributed by atoms with van der Waals surface area (Å²) in [7, 11) is 0. The van der Waals surface area contributed by atoms with Crippen LogP contribution in [0.15, 0.2) is 47.5 Å². The Labute approximate surface area is 166 Å². The van der Waals surface area contributed by atoms with Crippen LogP contribution in [-0.4, -0.2) is 30.3 Å². The lowest BCUT2D eigenvalue weighted by Crippen LogP contribution is -2.19. The van der Waals surface area contributed by atoms with Gasteiger partial charge in [0, 0.05) is 23.7 Å². The van der Waals surface area contributed by atoms with E-state index in [1.165, 1.54) is 11.3 Å². The summed E-state index contributed by atoms with van der Waals surface area (Å²) in [5.41, 5.74) is 1.51. The zero-order valence-corrected chi connectivity index (χ0v) is 16.8. The third kappa shape index (κ3) is 4.77. The van der Waals surface area contributed by atoms with Crippen molar-refractivity contribution >= 4 is 39.1 Å². The van der Waals surface area contributed by atoms with E-state index in [0.29, 0.717) is 41.8 Å². The number of rotatable bonds is 7. The molecule has 27 heavy (non-hydrogen) atoms. The van der Waals surface area contributed by atoms with Gasteiger partial charge in [-0.1, -0.05) is 22.9 Å². The molecular weight excluding hydrogens is 384 g/mol. The molecule has 0 spiro atoms. The highest BCUT2D eigenvalue weighted by Gasteiger charge is 2.10. The van der Waals surface area contributed by atoms with Gasteiger partial charge in [-0.25, -0.2) is 0 Å². The van der Waals surface area contributed by atoms with Crippen LogP contribution in [0.2, 0.25) is 5.02 Å². The topological polar surface area (TPSA) is 52.8 Å². The van der Waals surface area contributed by atoms with E-state index in [1.54, 1.807) is 24.3 Å². The minimum atomic E-state index is -0.298. The molecule has 5 nitrogen and oxygen atoms in total. The molecule has 1 heterocycles. The van der Waals surface area contributed by atoms with Crippen molar-refractivity contribution in [3.05, 3.63) is 57.9 Å². The maximum absolute atomic E-state index is 12.6. The lowest BCUT2D eigenvalue weighted by atomic mass is 10.2. The first-order valence-corrected chi connectivity index (χ1v) is 10.0. The maximum atomic E-state index is 12.6. The van der Waals surface area contributed by atoms with Crippen LogP contribution in [0.3, 0.4) is 0 Å². The summed E-state index contributed by atoms with van der Waals surface area (Å²) in [6.45, 7) is 6.33. The zero-order valence-electron chi connectivity index (χ0n) is 15.3. The highest BCUT2D eigenvalue weighted by Crippen LogP contribution is 2.23. The second-order valence-corrected chi connectivity index (χ2v) is 7.17. The highest BCUT2D eigenvalue weighted by molar-refractivity contribution is 7.16. The van der Waals surface area contributed by atoms with E-state index < -0.39 is 0 Å². The number of aromatic nitrogens is 1. The second kappa shape index (κ2) is 9.17. The van der Waals surface area contributed by atoms with E-state index in [0.717, 1.165) is 16.0 Å². The van der Waals surface area contributed by atoms with Gasteiger partial charge in [0.15, 0.2) is 4.80 Å². The standard InChI is InChI=1S/C20H21ClN2O3S/c1-3-25-12-11-23-17-10-9-16(26-4-2)13-18(17)27-20(23)22-19(24)14-5-7-15(21)8-6-14/h5-10,13H,3-4,11-12H2,1-2H3. The zero-order chi connectivity index (χ0) is 19.2. The van der Waals surface area contributed by atoms with Gasteiger partial charge in [-0.05, 0) is 56.3 Å². The fraction of sp³-hybridized carbons (Fsp3) is 0.300. The SMILES string of the molecule is CCOCCn1c(=NC(=O)c2ccc(Cl)cc2)sc2cc(OCC)ccc21. The van der Waals surface area contributed by atoms with E-state index >= 15 is 0 Å². The Morgan fingerprint density at radius 3 is 2.63 bits per heavy atom. The van der Waals surface area contributed by atoms with E-state index in [4.69, 9.17) is 21.1 Å². The van der Waals surface area contributed by atoms with Crippen molar-refractivity contribution in [2.24, 2.45) is 4.99 Å². The largest absolute Gasteiger partial charge is 0.494 e. The normalized spacial score (nSPS) is 11.9. The van der Waals surface area contributed by atoms with Crippen molar-refractivity contribution in [2.75, 3.05) is 19.8 Å². The van der Waals surface area contributed by atoms with Gasteiger partial charge in [-0.3, -0.25) is 4.79 Å². The molecule has 3 rings (SSSR count). The van der Waals surface area contributed by atoms with Gasteiger partial charge in [0.2, 0.25) is 0 Å². The Morgan fingerprint density at radius 1 is 1.15 bits per heavy atom. The molecule has 0 atom stereocenters. The van der Waals surface area contributed by atoms with Crippen LogP contribution in [0.1, 0.15) is 24.2 Å². The Morgan fingerprint density at radius 2 is 1.93 bits per heavy atom. The fourth-order valence-corrected chi connectivity index (χ4v) is 3.86. The van der Waals surface area contributed by atoms with Gasteiger partial charge in [-0.2, -0.15) is 4.99 Å². The molecule has 0 fully saturated rings. The lowest BCUT2D eigenvalue weighted by molar-refractivity contribution is 0.0996. The number of hydrogen-bond acceptors (Lipinski definition) is 4. The molecule has 2 aromatic carbocycles. The second-order valence-electron chi connectivity index (χ2n) is 5.72. The Bertz CT molecular complexity index is 993. The third-order valence-corrected chi connectivity index (χ3v) is 5.21. The Balaban J connectivity index is 2.04. The third-order valence-electron chi connectivity index (χ3n) is 3.92. The van der Waals surface area contributed by atoms with Gasteiger partial charge in [0.25, 0.3) is 5.91 Å². The molecule has 0 aliphatic heterocycles. The van der Waals surface area contributed by atoms with Gasteiger partial charge in [-0.15, -0.1) is 0 Å². The molecule has 3 aromatic rings. The number of ether oxygens (including phenoxy) is 2. The van der Waals surface area contributed by atoms with E-state index in [2.05, 4.69) is 4.99 Å². The number of carbonyl (C=O) groups is 1.